The van der Waals surface area contributed by atoms with Gasteiger partial charge in [0.1, 0.15) is 0 Å². The molecule has 1 aromatic carbocycles. The molecule has 0 radical (unpaired) electrons. The Bertz CT molecular complexity index is 489. The average molecular weight is 215 g/mol. The molecule has 0 atom stereocenters. The number of aromatic amines is 1. The lowest BCUT2D eigenvalue weighted by atomic mass is 9.98. The van der Waals surface area contributed by atoms with Crippen molar-refractivity contribution in [3.63, 3.8) is 0 Å². The molecule has 0 aliphatic carbocycles. The first-order valence-corrected chi connectivity index (χ1v) is 5.43. The molecule has 2 aromatic rings. The Morgan fingerprint density at radius 2 is 1.75 bits per heavy atom. The quantitative estimate of drug-likeness (QED) is 0.808. The molecule has 0 aliphatic heterocycles. The molecule has 0 saturated carbocycles. The Balaban J connectivity index is 2.55. The van der Waals surface area contributed by atoms with Crippen LogP contribution in [0.3, 0.4) is 0 Å². The van der Waals surface area contributed by atoms with Crippen LogP contribution in [0.1, 0.15) is 16.7 Å². The van der Waals surface area contributed by atoms with Gasteiger partial charge in [0, 0.05) is 12.6 Å². The average Bonchev–Trinajstić information content (AvgIpc) is 2.64. The standard InChI is InChI=1S/C13H17N3/c1-8-5-9(2)12(10(3)6-8)11-7-15-13(14-4)16-11/h5-7H,1-4H3,(H2,14,15,16). The fourth-order valence-electron chi connectivity index (χ4n) is 2.18. The lowest BCUT2D eigenvalue weighted by Gasteiger charge is -2.09. The topological polar surface area (TPSA) is 40.7 Å². The van der Waals surface area contributed by atoms with Gasteiger partial charge < -0.3 is 10.3 Å². The van der Waals surface area contributed by atoms with Gasteiger partial charge >= 0.3 is 0 Å². The zero-order chi connectivity index (χ0) is 11.7. The summed E-state index contributed by atoms with van der Waals surface area (Å²) in [6, 6.07) is 4.39. The van der Waals surface area contributed by atoms with Gasteiger partial charge in [-0.2, -0.15) is 0 Å². The number of anilines is 1. The molecule has 0 spiro atoms. The van der Waals surface area contributed by atoms with E-state index in [-0.39, 0.29) is 0 Å². The van der Waals surface area contributed by atoms with E-state index in [1.165, 1.54) is 22.3 Å². The number of benzene rings is 1. The van der Waals surface area contributed by atoms with Crippen LogP contribution in [0.4, 0.5) is 5.95 Å². The van der Waals surface area contributed by atoms with Gasteiger partial charge in [0.05, 0.1) is 11.9 Å². The van der Waals surface area contributed by atoms with Gasteiger partial charge in [0.15, 0.2) is 5.95 Å². The van der Waals surface area contributed by atoms with Crippen LogP contribution in [-0.2, 0) is 0 Å². The summed E-state index contributed by atoms with van der Waals surface area (Å²) < 4.78 is 0. The lowest BCUT2D eigenvalue weighted by Crippen LogP contribution is -1.92. The molecule has 0 unspecified atom stereocenters. The van der Waals surface area contributed by atoms with E-state index in [1.54, 1.807) is 0 Å². The van der Waals surface area contributed by atoms with Gasteiger partial charge in [-0.15, -0.1) is 0 Å². The predicted octanol–water partition coefficient (Wildman–Crippen LogP) is 3.04. The molecule has 16 heavy (non-hydrogen) atoms. The SMILES string of the molecule is CNc1ncc(-c2c(C)cc(C)cc2C)[nH]1. The summed E-state index contributed by atoms with van der Waals surface area (Å²) in [7, 11) is 1.86. The number of rotatable bonds is 2. The maximum absolute atomic E-state index is 4.25. The number of hydrogen-bond donors (Lipinski definition) is 2. The van der Waals surface area contributed by atoms with Gasteiger partial charge in [-0.25, -0.2) is 4.98 Å². The summed E-state index contributed by atoms with van der Waals surface area (Å²) in [4.78, 5) is 7.51. The largest absolute Gasteiger partial charge is 0.359 e. The minimum atomic E-state index is 0.800. The molecule has 3 nitrogen and oxygen atoms in total. The monoisotopic (exact) mass is 215 g/mol. The van der Waals surface area contributed by atoms with Crippen molar-refractivity contribution < 1.29 is 0 Å². The highest BCUT2D eigenvalue weighted by atomic mass is 15.1. The van der Waals surface area contributed by atoms with E-state index in [2.05, 4.69) is 48.2 Å². The molecule has 3 heteroatoms. The van der Waals surface area contributed by atoms with Gasteiger partial charge in [-0.05, 0) is 31.9 Å². The maximum atomic E-state index is 4.25. The lowest BCUT2D eigenvalue weighted by molar-refractivity contribution is 1.25. The maximum Gasteiger partial charge on any atom is 0.200 e. The molecule has 2 rings (SSSR count). The molecule has 0 fully saturated rings. The van der Waals surface area contributed by atoms with Gasteiger partial charge in [0.25, 0.3) is 0 Å². The third-order valence-electron chi connectivity index (χ3n) is 2.76. The molecular weight excluding hydrogens is 198 g/mol. The summed E-state index contributed by atoms with van der Waals surface area (Å²) in [6.45, 7) is 6.39. The van der Waals surface area contributed by atoms with Crippen LogP contribution in [0.25, 0.3) is 11.3 Å². The molecule has 0 amide bonds. The minimum absolute atomic E-state index is 0.800. The number of nitrogens with zero attached hydrogens (tertiary/aromatic N) is 1. The highest BCUT2D eigenvalue weighted by Crippen LogP contribution is 2.27. The van der Waals surface area contributed by atoms with Crippen molar-refractivity contribution in [2.75, 3.05) is 12.4 Å². The summed E-state index contributed by atoms with van der Waals surface area (Å²) in [6.07, 6.45) is 1.87. The van der Waals surface area contributed by atoms with Crippen LogP contribution in [0, 0.1) is 20.8 Å². The zero-order valence-corrected chi connectivity index (χ0v) is 10.2. The van der Waals surface area contributed by atoms with Crippen molar-refractivity contribution in [2.45, 2.75) is 20.8 Å². The van der Waals surface area contributed by atoms with Crippen LogP contribution in [0.5, 0.6) is 0 Å². The summed E-state index contributed by atoms with van der Waals surface area (Å²) >= 11 is 0. The Hall–Kier alpha value is -1.77. The van der Waals surface area contributed by atoms with Crippen LogP contribution in [-0.4, -0.2) is 17.0 Å². The second-order valence-corrected chi connectivity index (χ2v) is 4.17. The summed E-state index contributed by atoms with van der Waals surface area (Å²) in [5.74, 6) is 0.800. The van der Waals surface area contributed by atoms with Crippen LogP contribution in [0.2, 0.25) is 0 Å². The van der Waals surface area contributed by atoms with E-state index in [0.717, 1.165) is 11.6 Å². The third kappa shape index (κ3) is 1.81. The fraction of sp³-hybridized carbons (Fsp3) is 0.308. The number of imidazole rings is 1. The van der Waals surface area contributed by atoms with E-state index in [1.807, 2.05) is 13.2 Å². The Kier molecular flexibility index (Phi) is 2.69. The first-order chi connectivity index (χ1) is 7.61. The smallest absolute Gasteiger partial charge is 0.200 e. The van der Waals surface area contributed by atoms with Gasteiger partial charge in [-0.3, -0.25) is 0 Å². The van der Waals surface area contributed by atoms with E-state index >= 15 is 0 Å². The van der Waals surface area contributed by atoms with Crippen molar-refractivity contribution in [3.05, 3.63) is 35.0 Å². The number of hydrogen-bond acceptors (Lipinski definition) is 2. The van der Waals surface area contributed by atoms with Gasteiger partial charge in [-0.1, -0.05) is 17.7 Å². The van der Waals surface area contributed by atoms with Crippen LogP contribution >= 0.6 is 0 Å². The molecule has 0 saturated heterocycles. The van der Waals surface area contributed by atoms with Crippen molar-refractivity contribution in [2.24, 2.45) is 0 Å². The van der Waals surface area contributed by atoms with Crippen LogP contribution < -0.4 is 5.32 Å². The first kappa shape index (κ1) is 10.7. The van der Waals surface area contributed by atoms with Crippen LogP contribution in [0.15, 0.2) is 18.3 Å². The second kappa shape index (κ2) is 4.00. The summed E-state index contributed by atoms with van der Waals surface area (Å²) in [5, 5.41) is 3.00. The summed E-state index contributed by atoms with van der Waals surface area (Å²) in [5.41, 5.74) is 6.18. The predicted molar refractivity (Wildman–Crippen MR) is 67.8 cm³/mol. The molecule has 1 heterocycles. The third-order valence-corrected chi connectivity index (χ3v) is 2.76. The molecular formula is C13H17N3. The van der Waals surface area contributed by atoms with Crippen molar-refractivity contribution in [3.8, 4) is 11.3 Å². The van der Waals surface area contributed by atoms with E-state index < -0.39 is 0 Å². The minimum Gasteiger partial charge on any atom is -0.359 e. The normalized spacial score (nSPS) is 10.5. The highest BCUT2D eigenvalue weighted by molar-refractivity contribution is 5.68. The van der Waals surface area contributed by atoms with E-state index in [4.69, 9.17) is 0 Å². The molecule has 0 bridgehead atoms. The molecule has 84 valence electrons. The van der Waals surface area contributed by atoms with Gasteiger partial charge in [0.2, 0.25) is 0 Å². The number of aromatic nitrogens is 2. The number of aryl methyl sites for hydroxylation is 3. The van der Waals surface area contributed by atoms with Crippen molar-refractivity contribution in [1.82, 2.24) is 9.97 Å². The molecule has 2 N–H and O–H groups in total. The van der Waals surface area contributed by atoms with Crippen molar-refractivity contribution >= 4 is 5.95 Å². The highest BCUT2D eigenvalue weighted by Gasteiger charge is 2.08. The number of nitrogens with one attached hydrogen (secondary N) is 2. The second-order valence-electron chi connectivity index (χ2n) is 4.17. The Morgan fingerprint density at radius 3 is 2.25 bits per heavy atom. The Morgan fingerprint density at radius 1 is 1.12 bits per heavy atom. The molecule has 1 aromatic heterocycles. The van der Waals surface area contributed by atoms with E-state index in [9.17, 15) is 0 Å². The van der Waals surface area contributed by atoms with E-state index in [0.29, 0.717) is 0 Å². The van der Waals surface area contributed by atoms with Crippen molar-refractivity contribution in [1.29, 1.82) is 0 Å². The number of H-pyrrole nitrogens is 1. The zero-order valence-electron chi connectivity index (χ0n) is 10.2. The first-order valence-electron chi connectivity index (χ1n) is 5.43. The molecule has 0 aliphatic rings. The fourth-order valence-corrected chi connectivity index (χ4v) is 2.18. The Labute approximate surface area is 95.9 Å².